The summed E-state index contributed by atoms with van der Waals surface area (Å²) in [5, 5.41) is 3.37. The van der Waals surface area contributed by atoms with Crippen molar-refractivity contribution in [2.75, 3.05) is 13.1 Å². The minimum atomic E-state index is -0.397. The molecule has 1 heterocycles. The van der Waals surface area contributed by atoms with Crippen molar-refractivity contribution in [3.05, 3.63) is 58.9 Å². The van der Waals surface area contributed by atoms with Crippen molar-refractivity contribution >= 4 is 17.4 Å². The molecular weight excluding hydrogens is 263 g/mol. The lowest BCUT2D eigenvalue weighted by molar-refractivity contribution is 0.628. The van der Waals surface area contributed by atoms with Gasteiger partial charge in [0, 0.05) is 12.1 Å². The minimum Gasteiger partial charge on any atom is -0.368 e. The maximum atomic E-state index is 13.1. The number of rotatable bonds is 2. The summed E-state index contributed by atoms with van der Waals surface area (Å²) in [6.45, 7) is 1.72. The monoisotopic (exact) mass is 274 g/mol. The summed E-state index contributed by atoms with van der Waals surface area (Å²) in [7, 11) is 0. The third kappa shape index (κ3) is 2.47. The summed E-state index contributed by atoms with van der Waals surface area (Å²) in [4.78, 5) is 4.37. The average molecular weight is 275 g/mol. The number of nitrogens with zero attached hydrogens (tertiary/aromatic N) is 1. The fourth-order valence-electron chi connectivity index (χ4n) is 2.09. The summed E-state index contributed by atoms with van der Waals surface area (Å²) in [5.41, 5.74) is 2.97. The molecule has 19 heavy (non-hydrogen) atoms. The Morgan fingerprint density at radius 1 is 1.00 bits per heavy atom. The second-order valence-corrected chi connectivity index (χ2v) is 4.77. The molecule has 2 aromatic rings. The van der Waals surface area contributed by atoms with E-state index >= 15 is 0 Å². The van der Waals surface area contributed by atoms with E-state index in [2.05, 4.69) is 10.3 Å². The van der Waals surface area contributed by atoms with Crippen LogP contribution in [0.3, 0.4) is 0 Å². The van der Waals surface area contributed by atoms with E-state index in [0.29, 0.717) is 0 Å². The molecule has 4 heteroatoms. The van der Waals surface area contributed by atoms with Crippen molar-refractivity contribution in [1.82, 2.24) is 5.32 Å². The highest BCUT2D eigenvalue weighted by Crippen LogP contribution is 2.25. The van der Waals surface area contributed by atoms with Gasteiger partial charge in [0.25, 0.3) is 0 Å². The van der Waals surface area contributed by atoms with Crippen LogP contribution in [0, 0.1) is 5.82 Å². The topological polar surface area (TPSA) is 24.4 Å². The van der Waals surface area contributed by atoms with Gasteiger partial charge in [0.05, 0.1) is 11.6 Å². The normalized spacial score (nSPS) is 14.1. The molecule has 2 aromatic carbocycles. The van der Waals surface area contributed by atoms with E-state index in [1.165, 1.54) is 6.07 Å². The molecule has 0 atom stereocenters. The van der Waals surface area contributed by atoms with Crippen molar-refractivity contribution < 1.29 is 4.39 Å². The Labute approximate surface area is 115 Å². The highest BCUT2D eigenvalue weighted by Gasteiger charge is 2.08. The maximum absolute atomic E-state index is 13.1. The summed E-state index contributed by atoms with van der Waals surface area (Å²) in [5.74, 6) is 0.537. The fraction of sp³-hybridized carbons (Fsp3) is 0.133. The van der Waals surface area contributed by atoms with Crippen LogP contribution in [-0.2, 0) is 0 Å². The van der Waals surface area contributed by atoms with Gasteiger partial charge in [0.2, 0.25) is 0 Å². The summed E-state index contributed by atoms with van der Waals surface area (Å²) in [6.07, 6.45) is 0. The molecule has 1 aliphatic heterocycles. The van der Waals surface area contributed by atoms with Gasteiger partial charge in [-0.3, -0.25) is 4.99 Å². The Bertz CT molecular complexity index is 635. The molecule has 1 aliphatic rings. The van der Waals surface area contributed by atoms with Crippen LogP contribution in [0.5, 0.6) is 0 Å². The van der Waals surface area contributed by atoms with Crippen LogP contribution in [0.25, 0.3) is 11.1 Å². The number of hydrogen-bond acceptors (Lipinski definition) is 2. The number of hydrogen-bond donors (Lipinski definition) is 1. The molecule has 0 fully saturated rings. The lowest BCUT2D eigenvalue weighted by Crippen LogP contribution is -2.19. The van der Waals surface area contributed by atoms with Gasteiger partial charge >= 0.3 is 0 Å². The molecule has 1 N–H and O–H groups in total. The first kappa shape index (κ1) is 12.2. The molecule has 0 saturated carbocycles. The molecule has 3 rings (SSSR count). The van der Waals surface area contributed by atoms with Crippen LogP contribution in [0.4, 0.5) is 4.39 Å². The van der Waals surface area contributed by atoms with Crippen molar-refractivity contribution in [1.29, 1.82) is 0 Å². The zero-order valence-corrected chi connectivity index (χ0v) is 10.9. The highest BCUT2D eigenvalue weighted by molar-refractivity contribution is 6.31. The number of halogens is 2. The number of amidine groups is 1. The van der Waals surface area contributed by atoms with Crippen LogP contribution in [0.1, 0.15) is 5.56 Å². The predicted molar refractivity (Wildman–Crippen MR) is 76.3 cm³/mol. The van der Waals surface area contributed by atoms with E-state index in [4.69, 9.17) is 11.6 Å². The smallest absolute Gasteiger partial charge is 0.141 e. The predicted octanol–water partition coefficient (Wildman–Crippen LogP) is 3.50. The second-order valence-electron chi connectivity index (χ2n) is 4.36. The van der Waals surface area contributed by atoms with Gasteiger partial charge < -0.3 is 5.32 Å². The average Bonchev–Trinajstić information content (AvgIpc) is 2.96. The number of aliphatic imine (C=N–C) groups is 1. The second kappa shape index (κ2) is 5.02. The minimum absolute atomic E-state index is 0.142. The molecule has 0 spiro atoms. The molecule has 0 unspecified atom stereocenters. The van der Waals surface area contributed by atoms with Crippen LogP contribution in [0.15, 0.2) is 47.5 Å². The van der Waals surface area contributed by atoms with Gasteiger partial charge in [-0.15, -0.1) is 0 Å². The summed E-state index contributed by atoms with van der Waals surface area (Å²) >= 11 is 5.79. The Kier molecular flexibility index (Phi) is 3.22. The Morgan fingerprint density at radius 3 is 2.32 bits per heavy atom. The van der Waals surface area contributed by atoms with E-state index in [-0.39, 0.29) is 5.02 Å². The van der Waals surface area contributed by atoms with Crippen LogP contribution in [-0.4, -0.2) is 18.9 Å². The van der Waals surface area contributed by atoms with Crippen LogP contribution >= 0.6 is 11.6 Å². The molecular formula is C15H12ClFN2. The number of benzene rings is 2. The van der Waals surface area contributed by atoms with Crippen molar-refractivity contribution in [2.24, 2.45) is 4.99 Å². The molecule has 2 nitrogen and oxygen atoms in total. The zero-order chi connectivity index (χ0) is 13.2. The first-order valence-corrected chi connectivity index (χ1v) is 6.46. The van der Waals surface area contributed by atoms with E-state index in [0.717, 1.165) is 35.6 Å². The largest absolute Gasteiger partial charge is 0.368 e. The molecule has 0 bridgehead atoms. The van der Waals surface area contributed by atoms with Gasteiger partial charge in [-0.05, 0) is 23.3 Å². The third-order valence-electron chi connectivity index (χ3n) is 3.09. The van der Waals surface area contributed by atoms with E-state index in [1.807, 2.05) is 24.3 Å². The molecule has 96 valence electrons. The van der Waals surface area contributed by atoms with Gasteiger partial charge in [0.15, 0.2) is 0 Å². The fourth-order valence-corrected chi connectivity index (χ4v) is 2.27. The van der Waals surface area contributed by atoms with E-state index in [1.54, 1.807) is 12.1 Å². The molecule has 0 saturated heterocycles. The van der Waals surface area contributed by atoms with Crippen LogP contribution in [0.2, 0.25) is 5.02 Å². The molecule has 0 aliphatic carbocycles. The van der Waals surface area contributed by atoms with Gasteiger partial charge in [-0.2, -0.15) is 0 Å². The SMILES string of the molecule is Fc1ccc(-c2ccc(C3=NCCN3)cc2)cc1Cl. The van der Waals surface area contributed by atoms with Crippen molar-refractivity contribution in [2.45, 2.75) is 0 Å². The lowest BCUT2D eigenvalue weighted by atomic mass is 10.0. The lowest BCUT2D eigenvalue weighted by Gasteiger charge is -2.06. The quantitative estimate of drug-likeness (QED) is 0.891. The third-order valence-corrected chi connectivity index (χ3v) is 3.38. The maximum Gasteiger partial charge on any atom is 0.141 e. The van der Waals surface area contributed by atoms with Gasteiger partial charge in [-0.25, -0.2) is 4.39 Å². The van der Waals surface area contributed by atoms with Crippen molar-refractivity contribution in [3.63, 3.8) is 0 Å². The standard InChI is InChI=1S/C15H12ClFN2/c16-13-9-12(5-6-14(13)17)10-1-3-11(4-2-10)15-18-7-8-19-15/h1-6,9H,7-8H2,(H,18,19). The number of nitrogens with one attached hydrogen (secondary N) is 1. The molecule has 0 aromatic heterocycles. The zero-order valence-electron chi connectivity index (χ0n) is 10.2. The Hall–Kier alpha value is -1.87. The molecule has 0 radical (unpaired) electrons. The summed E-state index contributed by atoms with van der Waals surface area (Å²) < 4.78 is 13.1. The van der Waals surface area contributed by atoms with E-state index in [9.17, 15) is 4.39 Å². The van der Waals surface area contributed by atoms with E-state index < -0.39 is 5.82 Å². The van der Waals surface area contributed by atoms with Crippen molar-refractivity contribution in [3.8, 4) is 11.1 Å². The van der Waals surface area contributed by atoms with Gasteiger partial charge in [0.1, 0.15) is 11.7 Å². The Balaban J connectivity index is 1.91. The Morgan fingerprint density at radius 2 is 1.68 bits per heavy atom. The first-order valence-electron chi connectivity index (χ1n) is 6.08. The van der Waals surface area contributed by atoms with Crippen LogP contribution < -0.4 is 5.32 Å². The van der Waals surface area contributed by atoms with Gasteiger partial charge in [-0.1, -0.05) is 41.9 Å². The molecule has 0 amide bonds. The first-order chi connectivity index (χ1) is 9.24. The highest BCUT2D eigenvalue weighted by atomic mass is 35.5. The summed E-state index contributed by atoms with van der Waals surface area (Å²) in [6, 6.07) is 12.7.